The van der Waals surface area contributed by atoms with Crippen molar-refractivity contribution >= 4 is 33.6 Å². The Hall–Kier alpha value is -1.56. The molecule has 1 aliphatic rings. The third-order valence-electron chi connectivity index (χ3n) is 3.01. The van der Waals surface area contributed by atoms with Crippen molar-refractivity contribution in [3.05, 3.63) is 28.7 Å². The van der Waals surface area contributed by atoms with Crippen LogP contribution in [0.2, 0.25) is 0 Å². The summed E-state index contributed by atoms with van der Waals surface area (Å²) in [5.41, 5.74) is 0.287. The summed E-state index contributed by atoms with van der Waals surface area (Å²) < 4.78 is 6.26. The Kier molecular flexibility index (Phi) is 4.56. The van der Waals surface area contributed by atoms with Crippen LogP contribution in [0.15, 0.2) is 28.7 Å². The van der Waals surface area contributed by atoms with E-state index in [1.807, 2.05) is 45.0 Å². The number of piperazine rings is 1. The minimum absolute atomic E-state index is 0.0466. The van der Waals surface area contributed by atoms with Crippen molar-refractivity contribution in [2.24, 2.45) is 0 Å². The fraction of sp³-hybridized carbons (Fsp3) is 0.467. The Morgan fingerprint density at radius 1 is 1.19 bits per heavy atom. The molecule has 1 saturated heterocycles. The Balaban J connectivity index is 2.01. The van der Waals surface area contributed by atoms with Crippen molar-refractivity contribution in [1.82, 2.24) is 4.90 Å². The highest BCUT2D eigenvalue weighted by Crippen LogP contribution is 2.21. The lowest BCUT2D eigenvalue weighted by Gasteiger charge is -2.35. The monoisotopic (exact) mass is 354 g/mol. The first-order valence-electron chi connectivity index (χ1n) is 6.80. The van der Waals surface area contributed by atoms with Crippen molar-refractivity contribution in [3.63, 3.8) is 0 Å². The standard InChI is InChI=1S/C15H19BrN2O3/c1-15(2,3)21-14(20)17-8-9-18(13(19)10-17)12-6-4-11(16)5-7-12/h4-7H,8-10H2,1-3H3. The summed E-state index contributed by atoms with van der Waals surface area (Å²) in [7, 11) is 0. The van der Waals surface area contributed by atoms with Crippen molar-refractivity contribution in [2.45, 2.75) is 26.4 Å². The van der Waals surface area contributed by atoms with Crippen molar-refractivity contribution in [2.75, 3.05) is 24.5 Å². The quantitative estimate of drug-likeness (QED) is 0.778. The van der Waals surface area contributed by atoms with Crippen molar-refractivity contribution in [1.29, 1.82) is 0 Å². The van der Waals surface area contributed by atoms with Crippen molar-refractivity contribution < 1.29 is 14.3 Å². The highest BCUT2D eigenvalue weighted by atomic mass is 79.9. The van der Waals surface area contributed by atoms with Crippen LogP contribution < -0.4 is 4.90 Å². The van der Waals surface area contributed by atoms with Crippen LogP contribution >= 0.6 is 15.9 Å². The highest BCUT2D eigenvalue weighted by molar-refractivity contribution is 9.10. The Bertz CT molecular complexity index is 537. The van der Waals surface area contributed by atoms with Gasteiger partial charge in [0.15, 0.2) is 0 Å². The predicted octanol–water partition coefficient (Wildman–Crippen LogP) is 3.03. The zero-order chi connectivity index (χ0) is 15.6. The number of hydrogen-bond donors (Lipinski definition) is 0. The molecule has 1 fully saturated rings. The number of amides is 2. The van der Waals surface area contributed by atoms with Gasteiger partial charge in [-0.1, -0.05) is 15.9 Å². The normalized spacial score (nSPS) is 16.1. The molecular weight excluding hydrogens is 336 g/mol. The van der Waals surface area contributed by atoms with Gasteiger partial charge >= 0.3 is 6.09 Å². The van der Waals surface area contributed by atoms with Crippen LogP contribution in [-0.2, 0) is 9.53 Å². The molecule has 1 heterocycles. The number of carbonyl (C=O) groups is 2. The maximum absolute atomic E-state index is 12.2. The van der Waals surface area contributed by atoms with E-state index in [-0.39, 0.29) is 12.5 Å². The van der Waals surface area contributed by atoms with E-state index in [2.05, 4.69) is 15.9 Å². The second-order valence-corrected chi connectivity index (χ2v) is 6.84. The van der Waals surface area contributed by atoms with Gasteiger partial charge in [0, 0.05) is 23.2 Å². The molecule has 0 bridgehead atoms. The molecule has 0 aromatic heterocycles. The van der Waals surface area contributed by atoms with Crippen LogP contribution in [0.5, 0.6) is 0 Å². The van der Waals surface area contributed by atoms with Crippen LogP contribution in [0.4, 0.5) is 10.5 Å². The Morgan fingerprint density at radius 2 is 1.81 bits per heavy atom. The molecule has 0 N–H and O–H groups in total. The van der Waals surface area contributed by atoms with E-state index in [1.54, 1.807) is 4.90 Å². The van der Waals surface area contributed by atoms with Gasteiger partial charge in [0.05, 0.1) is 0 Å². The van der Waals surface area contributed by atoms with Gasteiger partial charge in [-0.05, 0) is 45.0 Å². The maximum Gasteiger partial charge on any atom is 0.410 e. The summed E-state index contributed by atoms with van der Waals surface area (Å²) >= 11 is 3.37. The number of hydrogen-bond acceptors (Lipinski definition) is 3. The number of nitrogens with zero attached hydrogens (tertiary/aromatic N) is 2. The topological polar surface area (TPSA) is 49.9 Å². The number of rotatable bonds is 1. The fourth-order valence-electron chi connectivity index (χ4n) is 2.05. The molecule has 0 saturated carbocycles. The minimum atomic E-state index is -0.553. The van der Waals surface area contributed by atoms with Gasteiger partial charge in [-0.15, -0.1) is 0 Å². The SMILES string of the molecule is CC(C)(C)OC(=O)N1CCN(c2ccc(Br)cc2)C(=O)C1. The van der Waals surface area contributed by atoms with E-state index in [9.17, 15) is 9.59 Å². The number of halogens is 1. The molecule has 1 aliphatic heterocycles. The van der Waals surface area contributed by atoms with Crippen LogP contribution in [0, 0.1) is 0 Å². The van der Waals surface area contributed by atoms with Crippen molar-refractivity contribution in [3.8, 4) is 0 Å². The third-order valence-corrected chi connectivity index (χ3v) is 3.54. The first kappa shape index (κ1) is 15.8. The van der Waals surface area contributed by atoms with Crippen LogP contribution in [0.3, 0.4) is 0 Å². The summed E-state index contributed by atoms with van der Waals surface area (Å²) in [6.07, 6.45) is -0.439. The van der Waals surface area contributed by atoms with Gasteiger partial charge in [-0.3, -0.25) is 9.69 Å². The van der Waals surface area contributed by atoms with Gasteiger partial charge in [0.1, 0.15) is 12.1 Å². The van der Waals surface area contributed by atoms with E-state index in [4.69, 9.17) is 4.74 Å². The first-order chi connectivity index (χ1) is 9.76. The summed E-state index contributed by atoms with van der Waals surface area (Å²) in [5, 5.41) is 0. The molecule has 0 aliphatic carbocycles. The average molecular weight is 355 g/mol. The molecule has 2 amide bonds. The molecule has 1 aromatic carbocycles. The lowest BCUT2D eigenvalue weighted by Crippen LogP contribution is -2.53. The molecular formula is C15H19BrN2O3. The van der Waals surface area contributed by atoms with E-state index >= 15 is 0 Å². The molecule has 6 heteroatoms. The number of carbonyl (C=O) groups excluding carboxylic acids is 2. The van der Waals surface area contributed by atoms with Crippen LogP contribution in [0.25, 0.3) is 0 Å². The van der Waals surface area contributed by atoms with Crippen LogP contribution in [-0.4, -0.2) is 42.1 Å². The summed E-state index contributed by atoms with van der Waals surface area (Å²) in [5.74, 6) is -0.102. The molecule has 114 valence electrons. The second kappa shape index (κ2) is 6.05. The fourth-order valence-corrected chi connectivity index (χ4v) is 2.31. The summed E-state index contributed by atoms with van der Waals surface area (Å²) in [6, 6.07) is 7.54. The summed E-state index contributed by atoms with van der Waals surface area (Å²) in [6.45, 7) is 6.42. The molecule has 5 nitrogen and oxygen atoms in total. The molecule has 0 unspecified atom stereocenters. The smallest absolute Gasteiger partial charge is 0.410 e. The Morgan fingerprint density at radius 3 is 2.33 bits per heavy atom. The highest BCUT2D eigenvalue weighted by Gasteiger charge is 2.30. The zero-order valence-corrected chi connectivity index (χ0v) is 14.0. The lowest BCUT2D eigenvalue weighted by molar-refractivity contribution is -0.121. The third kappa shape index (κ3) is 4.20. The number of benzene rings is 1. The van der Waals surface area contributed by atoms with E-state index in [0.29, 0.717) is 13.1 Å². The number of anilines is 1. The van der Waals surface area contributed by atoms with E-state index < -0.39 is 11.7 Å². The molecule has 0 spiro atoms. The first-order valence-corrected chi connectivity index (χ1v) is 7.59. The Labute approximate surface area is 133 Å². The van der Waals surface area contributed by atoms with E-state index in [0.717, 1.165) is 10.2 Å². The molecule has 0 atom stereocenters. The molecule has 2 rings (SSSR count). The predicted molar refractivity (Wildman–Crippen MR) is 84.3 cm³/mol. The molecule has 21 heavy (non-hydrogen) atoms. The summed E-state index contributed by atoms with van der Waals surface area (Å²) in [4.78, 5) is 27.3. The van der Waals surface area contributed by atoms with Gasteiger partial charge < -0.3 is 9.64 Å². The minimum Gasteiger partial charge on any atom is -0.444 e. The van der Waals surface area contributed by atoms with Gasteiger partial charge in [-0.2, -0.15) is 0 Å². The van der Waals surface area contributed by atoms with E-state index in [1.165, 1.54) is 4.90 Å². The number of ether oxygens (including phenoxy) is 1. The average Bonchev–Trinajstić information content (AvgIpc) is 2.38. The lowest BCUT2D eigenvalue weighted by atomic mass is 10.2. The van der Waals surface area contributed by atoms with Gasteiger partial charge in [0.25, 0.3) is 0 Å². The van der Waals surface area contributed by atoms with Crippen LogP contribution in [0.1, 0.15) is 20.8 Å². The van der Waals surface area contributed by atoms with Gasteiger partial charge in [0.2, 0.25) is 5.91 Å². The van der Waals surface area contributed by atoms with Gasteiger partial charge in [-0.25, -0.2) is 4.79 Å². The second-order valence-electron chi connectivity index (χ2n) is 5.92. The largest absolute Gasteiger partial charge is 0.444 e. The zero-order valence-electron chi connectivity index (χ0n) is 12.4. The molecule has 0 radical (unpaired) electrons. The molecule has 1 aromatic rings. The maximum atomic E-state index is 12.2.